The first-order valence-electron chi connectivity index (χ1n) is 11.0. The topological polar surface area (TPSA) is 76.1 Å². The van der Waals surface area contributed by atoms with Gasteiger partial charge in [0.2, 0.25) is 0 Å². The van der Waals surface area contributed by atoms with Crippen molar-refractivity contribution in [3.05, 3.63) is 59.7 Å². The first-order chi connectivity index (χ1) is 15.9. The maximum Gasteiger partial charge on any atom is 0.573 e. The van der Waals surface area contributed by atoms with Crippen LogP contribution >= 0.6 is 0 Å². The lowest BCUT2D eigenvalue weighted by molar-refractivity contribution is -0.274. The predicted molar refractivity (Wildman–Crippen MR) is 116 cm³/mol. The van der Waals surface area contributed by atoms with Gasteiger partial charge in [-0.25, -0.2) is 0 Å². The Bertz CT molecular complexity index is 958. The monoisotopic (exact) mass is 468 g/mol. The van der Waals surface area contributed by atoms with E-state index in [0.717, 1.165) is 12.1 Å². The molecule has 0 fully saturated rings. The van der Waals surface area contributed by atoms with Gasteiger partial charge in [-0.05, 0) is 63.4 Å². The highest BCUT2D eigenvalue weighted by Gasteiger charge is 2.31. The summed E-state index contributed by atoms with van der Waals surface area (Å²) in [5, 5.41) is 8.69. The van der Waals surface area contributed by atoms with Crippen LogP contribution in [-0.2, 0) is 11.3 Å². The molecule has 0 spiro atoms. The van der Waals surface area contributed by atoms with Gasteiger partial charge in [-0.2, -0.15) is 0 Å². The summed E-state index contributed by atoms with van der Waals surface area (Å²) < 4.78 is 55.3. The second-order valence-corrected chi connectivity index (χ2v) is 7.57. The van der Waals surface area contributed by atoms with Gasteiger partial charge in [0.1, 0.15) is 11.5 Å². The molecule has 1 amide bonds. The number of carboxylic acid groups (broad SMARTS) is 1. The third-order valence-corrected chi connectivity index (χ3v) is 4.71. The third kappa shape index (κ3) is 9.03. The van der Waals surface area contributed by atoms with Crippen LogP contribution in [0.5, 0.6) is 11.5 Å². The molecule has 0 unspecified atom stereocenters. The molecule has 2 aromatic carbocycles. The summed E-state index contributed by atoms with van der Waals surface area (Å²) in [7, 11) is 0. The molecule has 0 aromatic heterocycles. The van der Waals surface area contributed by atoms with E-state index in [1.54, 1.807) is 24.3 Å². The summed E-state index contributed by atoms with van der Waals surface area (Å²) in [6.07, 6.45) is -2.80. The van der Waals surface area contributed by atoms with E-state index in [-0.39, 0.29) is 18.5 Å². The van der Waals surface area contributed by atoms with Crippen LogP contribution < -0.4 is 9.47 Å². The summed E-state index contributed by atoms with van der Waals surface area (Å²) >= 11 is 0. The number of benzene rings is 2. The molecule has 0 aliphatic rings. The SMILES string of the molecule is [2H]C(C)(C)N(Cc1ccccc1OCCCCCC(=O)O)C(=O)c1ccc(OC(F)(F)F)cc1. The zero-order valence-corrected chi connectivity index (χ0v) is 18.5. The van der Waals surface area contributed by atoms with Gasteiger partial charge in [0, 0.05) is 30.1 Å². The second kappa shape index (κ2) is 12.1. The van der Waals surface area contributed by atoms with Gasteiger partial charge in [0.05, 0.1) is 7.98 Å². The van der Waals surface area contributed by atoms with E-state index in [0.29, 0.717) is 37.2 Å². The fraction of sp³-hybridized carbons (Fsp3) is 0.417. The number of carboxylic acids is 1. The number of carbonyl (C=O) groups excluding carboxylic acids is 1. The van der Waals surface area contributed by atoms with Gasteiger partial charge in [-0.3, -0.25) is 9.59 Å². The van der Waals surface area contributed by atoms with Crippen LogP contribution in [0.25, 0.3) is 0 Å². The molecule has 0 atom stereocenters. The van der Waals surface area contributed by atoms with Crippen LogP contribution in [-0.4, -0.2) is 40.9 Å². The van der Waals surface area contributed by atoms with Crippen LogP contribution in [0.4, 0.5) is 13.2 Å². The molecule has 2 rings (SSSR count). The Kier molecular flexibility index (Phi) is 8.97. The fourth-order valence-electron chi connectivity index (χ4n) is 3.07. The number of amides is 1. The standard InChI is InChI=1S/C24H28F3NO5/c1-17(2)28(23(31)18-11-13-20(14-12-18)33-24(25,26)27)16-19-8-5-6-9-21(19)32-15-7-3-4-10-22(29)30/h5-6,8-9,11-14,17H,3-4,7,10,15-16H2,1-2H3,(H,29,30)/i17D. The molecule has 180 valence electrons. The van der Waals surface area contributed by atoms with Crippen LogP contribution in [0.3, 0.4) is 0 Å². The van der Waals surface area contributed by atoms with Crippen LogP contribution in [0, 0.1) is 0 Å². The number of para-hydroxylation sites is 1. The molecule has 0 saturated carbocycles. The lowest BCUT2D eigenvalue weighted by atomic mass is 10.1. The first kappa shape index (κ1) is 24.4. The number of aliphatic carboxylic acids is 1. The lowest BCUT2D eigenvalue weighted by Gasteiger charge is -2.28. The number of halogens is 3. The highest BCUT2D eigenvalue weighted by Crippen LogP contribution is 2.25. The molecule has 0 radical (unpaired) electrons. The maximum absolute atomic E-state index is 13.1. The number of carbonyl (C=O) groups is 2. The third-order valence-electron chi connectivity index (χ3n) is 4.71. The summed E-state index contributed by atoms with van der Waals surface area (Å²) in [6.45, 7) is 3.50. The summed E-state index contributed by atoms with van der Waals surface area (Å²) in [6, 6.07) is 10.3. The number of nitrogens with zero attached hydrogens (tertiary/aromatic N) is 1. The minimum Gasteiger partial charge on any atom is -0.493 e. The van der Waals surface area contributed by atoms with E-state index in [1.165, 1.54) is 30.9 Å². The largest absolute Gasteiger partial charge is 0.573 e. The molecule has 0 saturated heterocycles. The first-order valence-corrected chi connectivity index (χ1v) is 10.5. The second-order valence-electron chi connectivity index (χ2n) is 7.57. The normalized spacial score (nSPS) is 12.1. The molecule has 9 heteroatoms. The summed E-state index contributed by atoms with van der Waals surface area (Å²) in [5.74, 6) is -1.27. The molecule has 0 aliphatic heterocycles. The Morgan fingerprint density at radius 2 is 1.73 bits per heavy atom. The van der Waals surface area contributed by atoms with Gasteiger partial charge >= 0.3 is 12.3 Å². The number of rotatable bonds is 12. The van der Waals surface area contributed by atoms with E-state index < -0.39 is 30.0 Å². The Balaban J connectivity index is 2.11. The molecule has 1 N–H and O–H groups in total. The van der Waals surface area contributed by atoms with Crippen molar-refractivity contribution < 1.29 is 38.7 Å². The van der Waals surface area contributed by atoms with Gasteiger partial charge in [-0.15, -0.1) is 13.2 Å². The summed E-state index contributed by atoms with van der Waals surface area (Å²) in [5.41, 5.74) is 0.783. The van der Waals surface area contributed by atoms with Crippen molar-refractivity contribution in [3.63, 3.8) is 0 Å². The molecule has 6 nitrogen and oxygen atoms in total. The average molecular weight is 468 g/mol. The average Bonchev–Trinajstić information content (AvgIpc) is 2.73. The molecule has 0 aliphatic carbocycles. The van der Waals surface area contributed by atoms with Crippen LogP contribution in [0.15, 0.2) is 48.5 Å². The van der Waals surface area contributed by atoms with E-state index >= 15 is 0 Å². The number of hydrogen-bond donors (Lipinski definition) is 1. The minimum absolute atomic E-state index is 0.0469. The van der Waals surface area contributed by atoms with Gasteiger partial charge < -0.3 is 19.5 Å². The molecule has 0 heterocycles. The van der Waals surface area contributed by atoms with E-state index in [1.807, 2.05) is 0 Å². The maximum atomic E-state index is 13.1. The van der Waals surface area contributed by atoms with Crippen molar-refractivity contribution in [2.45, 2.75) is 58.5 Å². The molecule has 2 aromatic rings. The van der Waals surface area contributed by atoms with Crippen molar-refractivity contribution in [2.75, 3.05) is 6.61 Å². The molecule has 33 heavy (non-hydrogen) atoms. The van der Waals surface area contributed by atoms with Crippen molar-refractivity contribution in [1.82, 2.24) is 4.90 Å². The summed E-state index contributed by atoms with van der Waals surface area (Å²) in [4.78, 5) is 25.0. The Morgan fingerprint density at radius 1 is 1.06 bits per heavy atom. The van der Waals surface area contributed by atoms with Gasteiger partial charge in [0.25, 0.3) is 5.91 Å². The fourth-order valence-corrected chi connectivity index (χ4v) is 3.07. The van der Waals surface area contributed by atoms with Gasteiger partial charge in [0.15, 0.2) is 0 Å². The zero-order valence-electron chi connectivity index (χ0n) is 19.5. The molecular weight excluding hydrogens is 439 g/mol. The number of unbranched alkanes of at least 4 members (excludes halogenated alkanes) is 2. The Hall–Kier alpha value is -3.23. The lowest BCUT2D eigenvalue weighted by Crippen LogP contribution is -2.36. The number of ether oxygens (including phenoxy) is 2. The van der Waals surface area contributed by atoms with Crippen molar-refractivity contribution in [2.24, 2.45) is 0 Å². The highest BCUT2D eigenvalue weighted by molar-refractivity contribution is 5.94. The smallest absolute Gasteiger partial charge is 0.493 e. The predicted octanol–water partition coefficient (Wildman–Crippen LogP) is 5.66. The van der Waals surface area contributed by atoms with Crippen molar-refractivity contribution in [1.29, 1.82) is 0 Å². The highest BCUT2D eigenvalue weighted by atomic mass is 19.4. The number of alkyl halides is 3. The van der Waals surface area contributed by atoms with Crippen LogP contribution in [0.1, 0.15) is 56.8 Å². The van der Waals surface area contributed by atoms with E-state index in [2.05, 4.69) is 4.74 Å². The van der Waals surface area contributed by atoms with Gasteiger partial charge in [-0.1, -0.05) is 18.2 Å². The quantitative estimate of drug-likeness (QED) is 0.407. The molecule has 0 bridgehead atoms. The van der Waals surface area contributed by atoms with Crippen molar-refractivity contribution >= 4 is 11.9 Å². The van der Waals surface area contributed by atoms with E-state index in [9.17, 15) is 22.8 Å². The molecular formula is C24H28F3NO5. The van der Waals surface area contributed by atoms with Crippen molar-refractivity contribution in [3.8, 4) is 11.5 Å². The Morgan fingerprint density at radius 3 is 2.33 bits per heavy atom. The number of hydrogen-bond acceptors (Lipinski definition) is 4. The Labute approximate surface area is 192 Å². The zero-order chi connectivity index (χ0) is 25.4. The minimum atomic E-state index is -4.83. The van der Waals surface area contributed by atoms with E-state index in [4.69, 9.17) is 11.2 Å². The van der Waals surface area contributed by atoms with Crippen LogP contribution in [0.2, 0.25) is 0 Å².